The number of benzene rings is 1. The van der Waals surface area contributed by atoms with E-state index in [0.29, 0.717) is 0 Å². The molecule has 20 heavy (non-hydrogen) atoms. The predicted molar refractivity (Wildman–Crippen MR) is 86.8 cm³/mol. The summed E-state index contributed by atoms with van der Waals surface area (Å²) < 4.78 is 0. The summed E-state index contributed by atoms with van der Waals surface area (Å²) in [5.74, 6) is 0. The molecule has 6 heteroatoms. The second kappa shape index (κ2) is 4.54. The third-order valence-electron chi connectivity index (χ3n) is 4.31. The molecule has 3 aliphatic rings. The molecule has 6 nitrogen and oxygen atoms in total. The van der Waals surface area contributed by atoms with Crippen LogP contribution in [0.2, 0.25) is 0 Å². The zero-order chi connectivity index (χ0) is 13.5. The van der Waals surface area contributed by atoms with Crippen molar-refractivity contribution in [3.05, 3.63) is 0 Å². The Morgan fingerprint density at radius 1 is 0.700 bits per heavy atom. The summed E-state index contributed by atoms with van der Waals surface area (Å²) in [6.45, 7) is 9.21. The molecule has 0 bridgehead atoms. The number of anilines is 6. The minimum atomic E-state index is 0.970. The van der Waals surface area contributed by atoms with Crippen LogP contribution in [0.1, 0.15) is 6.92 Å². The van der Waals surface area contributed by atoms with Crippen molar-refractivity contribution in [1.82, 2.24) is 0 Å². The molecule has 1 aromatic rings. The molecule has 5 N–H and O–H groups in total. The molecular formula is C14H22N6. The Morgan fingerprint density at radius 3 is 1.70 bits per heavy atom. The fourth-order valence-corrected chi connectivity index (χ4v) is 3.42. The van der Waals surface area contributed by atoms with E-state index in [1.165, 1.54) is 34.1 Å². The molecule has 0 amide bonds. The van der Waals surface area contributed by atoms with Crippen molar-refractivity contribution >= 4 is 34.1 Å². The maximum Gasteiger partial charge on any atom is 0.0882 e. The van der Waals surface area contributed by atoms with Gasteiger partial charge >= 0.3 is 0 Å². The van der Waals surface area contributed by atoms with E-state index >= 15 is 0 Å². The van der Waals surface area contributed by atoms with E-state index in [-0.39, 0.29) is 0 Å². The van der Waals surface area contributed by atoms with Gasteiger partial charge in [0.1, 0.15) is 0 Å². The number of hydrogen-bond acceptors (Lipinski definition) is 6. The van der Waals surface area contributed by atoms with E-state index in [4.69, 9.17) is 0 Å². The van der Waals surface area contributed by atoms with Crippen LogP contribution < -0.4 is 31.5 Å². The lowest BCUT2D eigenvalue weighted by atomic mass is 10.0. The zero-order valence-corrected chi connectivity index (χ0v) is 11.9. The topological polar surface area (TPSA) is 63.4 Å². The summed E-state index contributed by atoms with van der Waals surface area (Å²) in [4.78, 5) is 2.46. The maximum atomic E-state index is 3.59. The Kier molecular flexibility index (Phi) is 2.68. The van der Waals surface area contributed by atoms with E-state index in [1.807, 2.05) is 0 Å². The maximum absolute atomic E-state index is 3.59. The first kappa shape index (κ1) is 11.8. The van der Waals surface area contributed by atoms with Crippen molar-refractivity contribution in [1.29, 1.82) is 0 Å². The van der Waals surface area contributed by atoms with Crippen LogP contribution in [0.3, 0.4) is 0 Å². The molecule has 0 saturated carbocycles. The molecular weight excluding hydrogens is 252 g/mol. The van der Waals surface area contributed by atoms with Crippen molar-refractivity contribution in [3.63, 3.8) is 0 Å². The standard InChI is InChI=1S/C14H22N6/c1-2-20-8-7-19-13-11-9(15-3-4-16-11)10-12(14(13)20)18-6-5-17-10/h15-19H,2-8H2,1H3. The highest BCUT2D eigenvalue weighted by Crippen LogP contribution is 2.53. The molecule has 0 aliphatic carbocycles. The molecule has 0 radical (unpaired) electrons. The number of likely N-dealkylation sites (N-methyl/N-ethyl adjacent to an activating group) is 1. The molecule has 3 aliphatic heterocycles. The Labute approximate surface area is 119 Å². The zero-order valence-electron chi connectivity index (χ0n) is 11.9. The van der Waals surface area contributed by atoms with Crippen LogP contribution in [0, 0.1) is 0 Å². The Morgan fingerprint density at radius 2 is 1.15 bits per heavy atom. The predicted octanol–water partition coefficient (Wildman–Crippen LogP) is 1.61. The highest BCUT2D eigenvalue weighted by molar-refractivity contribution is 6.09. The molecule has 3 heterocycles. The Bertz CT molecular complexity index is 510. The largest absolute Gasteiger partial charge is 0.380 e. The van der Waals surface area contributed by atoms with Gasteiger partial charge in [-0.05, 0) is 6.92 Å². The highest BCUT2D eigenvalue weighted by atomic mass is 15.2. The summed E-state index contributed by atoms with van der Waals surface area (Å²) in [7, 11) is 0. The molecule has 108 valence electrons. The highest BCUT2D eigenvalue weighted by Gasteiger charge is 2.31. The second-order valence-electron chi connectivity index (χ2n) is 5.44. The molecule has 0 fully saturated rings. The van der Waals surface area contributed by atoms with Gasteiger partial charge in [-0.15, -0.1) is 0 Å². The summed E-state index contributed by atoms with van der Waals surface area (Å²) in [5, 5.41) is 17.9. The van der Waals surface area contributed by atoms with Gasteiger partial charge < -0.3 is 31.5 Å². The van der Waals surface area contributed by atoms with Gasteiger partial charge in [0.15, 0.2) is 0 Å². The SMILES string of the molecule is CCN1CCNc2c3c(c4c(c21)NCCN4)NCCN3. The monoisotopic (exact) mass is 274 g/mol. The Balaban J connectivity index is 1.98. The van der Waals surface area contributed by atoms with Gasteiger partial charge in [-0.3, -0.25) is 0 Å². The van der Waals surface area contributed by atoms with E-state index in [9.17, 15) is 0 Å². The van der Waals surface area contributed by atoms with Crippen molar-refractivity contribution < 1.29 is 0 Å². The normalized spacial score (nSPS) is 19.1. The summed E-state index contributed by atoms with van der Waals surface area (Å²) in [6.07, 6.45) is 0. The number of fused-ring (bicyclic) bond motifs is 6. The quantitative estimate of drug-likeness (QED) is 0.536. The van der Waals surface area contributed by atoms with Gasteiger partial charge in [0.25, 0.3) is 0 Å². The molecule has 1 aromatic carbocycles. The van der Waals surface area contributed by atoms with Gasteiger partial charge in [-0.1, -0.05) is 0 Å². The van der Waals surface area contributed by atoms with Crippen LogP contribution in [0.5, 0.6) is 0 Å². The van der Waals surface area contributed by atoms with Gasteiger partial charge in [0.2, 0.25) is 0 Å². The number of nitrogens with zero attached hydrogens (tertiary/aromatic N) is 1. The van der Waals surface area contributed by atoms with Crippen LogP contribution in [0.15, 0.2) is 0 Å². The molecule has 0 unspecified atom stereocenters. The van der Waals surface area contributed by atoms with E-state index in [0.717, 1.165) is 45.8 Å². The third-order valence-corrected chi connectivity index (χ3v) is 4.31. The number of nitrogens with one attached hydrogen (secondary N) is 5. The van der Waals surface area contributed by atoms with Gasteiger partial charge in [-0.25, -0.2) is 0 Å². The van der Waals surface area contributed by atoms with Gasteiger partial charge in [0, 0.05) is 45.8 Å². The lowest BCUT2D eigenvalue weighted by Gasteiger charge is -2.39. The average molecular weight is 274 g/mol. The first-order chi connectivity index (χ1) is 9.90. The Hall–Kier alpha value is -1.98. The van der Waals surface area contributed by atoms with E-state index in [2.05, 4.69) is 38.4 Å². The summed E-state index contributed by atoms with van der Waals surface area (Å²) >= 11 is 0. The molecule has 0 saturated heterocycles. The summed E-state index contributed by atoms with van der Waals surface area (Å²) in [5.41, 5.74) is 7.46. The van der Waals surface area contributed by atoms with Crippen molar-refractivity contribution in [2.45, 2.75) is 6.92 Å². The summed E-state index contributed by atoms with van der Waals surface area (Å²) in [6, 6.07) is 0. The molecule has 4 rings (SSSR count). The van der Waals surface area contributed by atoms with Crippen LogP contribution in [-0.2, 0) is 0 Å². The van der Waals surface area contributed by atoms with E-state index in [1.54, 1.807) is 0 Å². The fourth-order valence-electron chi connectivity index (χ4n) is 3.42. The molecule has 0 aromatic heterocycles. The van der Waals surface area contributed by atoms with Gasteiger partial charge in [0.05, 0.1) is 34.1 Å². The smallest absolute Gasteiger partial charge is 0.0882 e. The third kappa shape index (κ3) is 1.57. The second-order valence-corrected chi connectivity index (χ2v) is 5.44. The number of rotatable bonds is 1. The van der Waals surface area contributed by atoms with Crippen LogP contribution in [0.4, 0.5) is 34.1 Å². The lowest BCUT2D eigenvalue weighted by Crippen LogP contribution is -2.37. The van der Waals surface area contributed by atoms with Crippen LogP contribution >= 0.6 is 0 Å². The van der Waals surface area contributed by atoms with E-state index < -0.39 is 0 Å². The number of hydrogen-bond donors (Lipinski definition) is 5. The van der Waals surface area contributed by atoms with Crippen LogP contribution in [-0.4, -0.2) is 45.8 Å². The lowest BCUT2D eigenvalue weighted by molar-refractivity contribution is 0.813. The average Bonchev–Trinajstić information content (AvgIpc) is 2.54. The fraction of sp³-hybridized carbons (Fsp3) is 0.571. The minimum absolute atomic E-state index is 0.970. The first-order valence-electron chi connectivity index (χ1n) is 7.58. The van der Waals surface area contributed by atoms with Crippen molar-refractivity contribution in [2.24, 2.45) is 0 Å². The first-order valence-corrected chi connectivity index (χ1v) is 7.58. The van der Waals surface area contributed by atoms with Crippen LogP contribution in [0.25, 0.3) is 0 Å². The minimum Gasteiger partial charge on any atom is -0.380 e. The molecule has 0 spiro atoms. The molecule has 0 atom stereocenters. The van der Waals surface area contributed by atoms with Crippen molar-refractivity contribution in [2.75, 3.05) is 77.3 Å². The van der Waals surface area contributed by atoms with Gasteiger partial charge in [-0.2, -0.15) is 0 Å². The van der Waals surface area contributed by atoms with Crippen molar-refractivity contribution in [3.8, 4) is 0 Å².